The summed E-state index contributed by atoms with van der Waals surface area (Å²) in [6, 6.07) is 25.6. The number of carbonyl (C=O) groups is 1. The topological polar surface area (TPSA) is 38.8 Å². The van der Waals surface area contributed by atoms with Crippen molar-refractivity contribution in [3.8, 4) is 11.5 Å². The second kappa shape index (κ2) is 8.28. The molecule has 0 radical (unpaired) electrons. The van der Waals surface area contributed by atoms with Crippen LogP contribution >= 0.6 is 0 Å². The van der Waals surface area contributed by atoms with Crippen molar-refractivity contribution in [2.45, 2.75) is 12.5 Å². The normalized spacial score (nSPS) is 12.6. The SMILES string of the molecule is COCCN(Cc1ccccc1)C(=O)C1c2ccccc2Oc2ccccc21. The maximum absolute atomic E-state index is 13.7. The fourth-order valence-corrected chi connectivity index (χ4v) is 3.63. The van der Waals surface area contributed by atoms with E-state index in [4.69, 9.17) is 9.47 Å². The summed E-state index contributed by atoms with van der Waals surface area (Å²) in [6.07, 6.45) is 0. The van der Waals surface area contributed by atoms with Crippen molar-refractivity contribution in [3.05, 3.63) is 95.6 Å². The van der Waals surface area contributed by atoms with Crippen LogP contribution in [0.5, 0.6) is 11.5 Å². The molecule has 0 fully saturated rings. The second-order valence-electron chi connectivity index (χ2n) is 6.85. The van der Waals surface area contributed by atoms with Crippen molar-refractivity contribution in [2.24, 2.45) is 0 Å². The Morgan fingerprint density at radius 1 is 0.893 bits per heavy atom. The molecule has 0 N–H and O–H groups in total. The summed E-state index contributed by atoms with van der Waals surface area (Å²) in [5.74, 6) is 1.16. The van der Waals surface area contributed by atoms with Crippen molar-refractivity contribution in [3.63, 3.8) is 0 Å². The van der Waals surface area contributed by atoms with Gasteiger partial charge in [0.15, 0.2) is 0 Å². The first kappa shape index (κ1) is 18.3. The molecule has 3 aromatic carbocycles. The number of para-hydroxylation sites is 2. The van der Waals surface area contributed by atoms with E-state index < -0.39 is 0 Å². The van der Waals surface area contributed by atoms with E-state index in [1.165, 1.54) is 0 Å². The van der Waals surface area contributed by atoms with E-state index in [2.05, 4.69) is 0 Å². The molecular formula is C24H23NO3. The van der Waals surface area contributed by atoms with Gasteiger partial charge in [-0.2, -0.15) is 0 Å². The van der Waals surface area contributed by atoms with Crippen LogP contribution in [0.15, 0.2) is 78.9 Å². The number of hydrogen-bond donors (Lipinski definition) is 0. The van der Waals surface area contributed by atoms with Crippen LogP contribution in [0.3, 0.4) is 0 Å². The monoisotopic (exact) mass is 373 g/mol. The van der Waals surface area contributed by atoms with Crippen LogP contribution in [0, 0.1) is 0 Å². The van der Waals surface area contributed by atoms with Crippen LogP contribution in [-0.2, 0) is 16.1 Å². The van der Waals surface area contributed by atoms with Gasteiger partial charge in [-0.25, -0.2) is 0 Å². The lowest BCUT2D eigenvalue weighted by Crippen LogP contribution is -2.38. The minimum atomic E-state index is -0.387. The van der Waals surface area contributed by atoms with Crippen molar-refractivity contribution >= 4 is 5.91 Å². The molecule has 0 aromatic heterocycles. The quantitative estimate of drug-likeness (QED) is 0.634. The molecule has 0 saturated heterocycles. The lowest BCUT2D eigenvalue weighted by atomic mass is 9.86. The average Bonchev–Trinajstić information content (AvgIpc) is 2.75. The third-order valence-corrected chi connectivity index (χ3v) is 5.02. The van der Waals surface area contributed by atoms with E-state index in [0.717, 1.165) is 28.2 Å². The zero-order valence-electron chi connectivity index (χ0n) is 15.9. The zero-order valence-corrected chi connectivity index (χ0v) is 15.9. The molecule has 0 saturated carbocycles. The number of carbonyl (C=O) groups excluding carboxylic acids is 1. The van der Waals surface area contributed by atoms with Crippen molar-refractivity contribution in [2.75, 3.05) is 20.3 Å². The molecular weight excluding hydrogens is 350 g/mol. The molecule has 28 heavy (non-hydrogen) atoms. The predicted molar refractivity (Wildman–Crippen MR) is 109 cm³/mol. The van der Waals surface area contributed by atoms with Gasteiger partial charge >= 0.3 is 0 Å². The number of amides is 1. The largest absolute Gasteiger partial charge is 0.457 e. The highest BCUT2D eigenvalue weighted by atomic mass is 16.5. The fraction of sp³-hybridized carbons (Fsp3) is 0.208. The maximum atomic E-state index is 13.7. The molecule has 0 spiro atoms. The van der Waals surface area contributed by atoms with Crippen LogP contribution < -0.4 is 4.74 Å². The van der Waals surface area contributed by atoms with Crippen LogP contribution in [0.1, 0.15) is 22.6 Å². The Morgan fingerprint density at radius 2 is 1.46 bits per heavy atom. The van der Waals surface area contributed by atoms with Gasteiger partial charge in [-0.05, 0) is 17.7 Å². The Hall–Kier alpha value is -3.11. The second-order valence-corrected chi connectivity index (χ2v) is 6.85. The minimum Gasteiger partial charge on any atom is -0.457 e. The number of nitrogens with zero attached hydrogens (tertiary/aromatic N) is 1. The summed E-state index contributed by atoms with van der Waals surface area (Å²) in [5, 5.41) is 0. The number of fused-ring (bicyclic) bond motifs is 2. The van der Waals surface area contributed by atoms with Crippen molar-refractivity contribution in [1.82, 2.24) is 4.90 Å². The lowest BCUT2D eigenvalue weighted by Gasteiger charge is -2.32. The maximum Gasteiger partial charge on any atom is 0.235 e. The van der Waals surface area contributed by atoms with E-state index in [9.17, 15) is 4.79 Å². The predicted octanol–water partition coefficient (Wildman–Crippen LogP) is 4.60. The Balaban J connectivity index is 1.72. The molecule has 0 unspecified atom stereocenters. The summed E-state index contributed by atoms with van der Waals surface area (Å²) >= 11 is 0. The fourth-order valence-electron chi connectivity index (χ4n) is 3.63. The van der Waals surface area contributed by atoms with Crippen LogP contribution in [0.4, 0.5) is 0 Å². The number of methoxy groups -OCH3 is 1. The highest BCUT2D eigenvalue weighted by Crippen LogP contribution is 2.44. The molecule has 0 bridgehead atoms. The smallest absolute Gasteiger partial charge is 0.235 e. The summed E-state index contributed by atoms with van der Waals surface area (Å²) in [6.45, 7) is 1.57. The molecule has 1 aliphatic rings. The standard InChI is InChI=1S/C24H23NO3/c1-27-16-15-25(17-18-9-3-2-4-10-18)24(26)23-19-11-5-7-13-21(19)28-22-14-8-6-12-20(22)23/h2-14,23H,15-17H2,1H3. The van der Waals surface area contributed by atoms with Crippen molar-refractivity contribution in [1.29, 1.82) is 0 Å². The third kappa shape index (κ3) is 3.64. The van der Waals surface area contributed by atoms with Gasteiger partial charge in [0.05, 0.1) is 12.5 Å². The van der Waals surface area contributed by atoms with Gasteiger partial charge in [0.2, 0.25) is 5.91 Å². The zero-order chi connectivity index (χ0) is 19.3. The van der Waals surface area contributed by atoms with Gasteiger partial charge in [0.1, 0.15) is 11.5 Å². The highest BCUT2D eigenvalue weighted by Gasteiger charge is 2.35. The summed E-state index contributed by atoms with van der Waals surface area (Å²) in [7, 11) is 1.66. The number of benzene rings is 3. The third-order valence-electron chi connectivity index (χ3n) is 5.02. The Labute approximate surface area is 165 Å². The van der Waals surface area contributed by atoms with E-state index >= 15 is 0 Å². The molecule has 0 atom stereocenters. The number of ether oxygens (including phenoxy) is 2. The van der Waals surface area contributed by atoms with Crippen molar-refractivity contribution < 1.29 is 14.3 Å². The molecule has 3 aromatic rings. The van der Waals surface area contributed by atoms with Gasteiger partial charge in [0, 0.05) is 31.3 Å². The first-order valence-electron chi connectivity index (χ1n) is 9.45. The molecule has 4 nitrogen and oxygen atoms in total. The minimum absolute atomic E-state index is 0.0594. The first-order valence-corrected chi connectivity index (χ1v) is 9.45. The number of hydrogen-bond acceptors (Lipinski definition) is 3. The molecule has 1 aliphatic heterocycles. The van der Waals surface area contributed by atoms with Crippen LogP contribution in [-0.4, -0.2) is 31.1 Å². The van der Waals surface area contributed by atoms with Gasteiger partial charge in [0.25, 0.3) is 0 Å². The molecule has 1 amide bonds. The number of rotatable bonds is 6. The summed E-state index contributed by atoms with van der Waals surface area (Å²) in [4.78, 5) is 15.6. The van der Waals surface area contributed by atoms with E-state index in [1.807, 2.05) is 83.8 Å². The first-order chi connectivity index (χ1) is 13.8. The molecule has 4 rings (SSSR count). The lowest BCUT2D eigenvalue weighted by molar-refractivity contribution is -0.133. The van der Waals surface area contributed by atoms with Gasteiger partial charge in [-0.15, -0.1) is 0 Å². The van der Waals surface area contributed by atoms with Gasteiger partial charge in [-0.3, -0.25) is 4.79 Å². The Bertz CT molecular complexity index is 909. The average molecular weight is 373 g/mol. The van der Waals surface area contributed by atoms with Gasteiger partial charge in [-0.1, -0.05) is 66.7 Å². The van der Waals surface area contributed by atoms with Crippen LogP contribution in [0.25, 0.3) is 0 Å². The highest BCUT2D eigenvalue weighted by molar-refractivity contribution is 5.89. The summed E-state index contributed by atoms with van der Waals surface area (Å²) in [5.41, 5.74) is 2.91. The molecule has 1 heterocycles. The molecule has 0 aliphatic carbocycles. The Kier molecular flexibility index (Phi) is 5.40. The van der Waals surface area contributed by atoms with Crippen LogP contribution in [0.2, 0.25) is 0 Å². The van der Waals surface area contributed by atoms with Gasteiger partial charge < -0.3 is 14.4 Å². The van der Waals surface area contributed by atoms with E-state index in [-0.39, 0.29) is 11.8 Å². The summed E-state index contributed by atoms with van der Waals surface area (Å²) < 4.78 is 11.3. The Morgan fingerprint density at radius 3 is 2.07 bits per heavy atom. The molecule has 4 heteroatoms. The molecule has 142 valence electrons. The van der Waals surface area contributed by atoms with E-state index in [0.29, 0.717) is 19.7 Å². The van der Waals surface area contributed by atoms with E-state index in [1.54, 1.807) is 7.11 Å².